The van der Waals surface area contributed by atoms with Gasteiger partial charge >= 0.3 is 0 Å². The summed E-state index contributed by atoms with van der Waals surface area (Å²) in [7, 11) is -3.69. The largest absolute Gasteiger partial charge is 0.378 e. The van der Waals surface area contributed by atoms with Crippen LogP contribution < -0.4 is 10.2 Å². The molecule has 0 saturated carbocycles. The van der Waals surface area contributed by atoms with E-state index in [1.807, 2.05) is 24.3 Å². The normalized spacial score (nSPS) is 14.7. The van der Waals surface area contributed by atoms with Crippen LogP contribution >= 0.6 is 11.6 Å². The number of carbonyl (C=O) groups excluding carboxylic acids is 1. The molecule has 7 nitrogen and oxygen atoms in total. The highest BCUT2D eigenvalue weighted by Crippen LogP contribution is 2.25. The van der Waals surface area contributed by atoms with Crippen LogP contribution in [0.15, 0.2) is 47.4 Å². The van der Waals surface area contributed by atoms with Crippen LogP contribution in [0.3, 0.4) is 0 Å². The van der Waals surface area contributed by atoms with Crippen LogP contribution in [0.5, 0.6) is 0 Å². The lowest BCUT2D eigenvalue weighted by molar-refractivity contribution is 0.102. The molecule has 0 spiro atoms. The number of halogens is 1. The van der Waals surface area contributed by atoms with E-state index in [-0.39, 0.29) is 15.5 Å². The van der Waals surface area contributed by atoms with E-state index in [9.17, 15) is 13.2 Å². The molecule has 1 aliphatic heterocycles. The number of carbonyl (C=O) groups is 1. The summed E-state index contributed by atoms with van der Waals surface area (Å²) in [4.78, 5) is 15.0. The number of nitrogens with zero attached hydrogens (tertiary/aromatic N) is 2. The van der Waals surface area contributed by atoms with Gasteiger partial charge in [0.25, 0.3) is 5.91 Å². The first-order valence-electron chi connectivity index (χ1n) is 9.90. The fourth-order valence-corrected chi connectivity index (χ4v) is 5.02. The van der Waals surface area contributed by atoms with Gasteiger partial charge in [0.1, 0.15) is 0 Å². The second-order valence-corrected chi connectivity index (χ2v) is 9.18. The summed E-state index contributed by atoms with van der Waals surface area (Å²) in [5.74, 6) is -0.462. The zero-order valence-corrected chi connectivity index (χ0v) is 18.7. The highest BCUT2D eigenvalue weighted by atomic mass is 35.5. The number of amides is 1. The number of rotatable bonds is 7. The van der Waals surface area contributed by atoms with E-state index in [1.165, 1.54) is 22.5 Å². The summed E-state index contributed by atoms with van der Waals surface area (Å²) in [6.45, 7) is 7.28. The molecule has 0 atom stereocenters. The number of nitrogens with one attached hydrogen (secondary N) is 1. The molecular weight excluding hydrogens is 426 g/mol. The number of morpholine rings is 1. The quantitative estimate of drug-likeness (QED) is 0.697. The summed E-state index contributed by atoms with van der Waals surface area (Å²) >= 11 is 6.19. The molecule has 0 radical (unpaired) electrons. The van der Waals surface area contributed by atoms with Crippen LogP contribution in [-0.4, -0.2) is 58.0 Å². The third kappa shape index (κ3) is 4.95. The molecule has 162 valence electrons. The molecule has 1 amide bonds. The van der Waals surface area contributed by atoms with Crippen LogP contribution in [0.1, 0.15) is 24.2 Å². The lowest BCUT2D eigenvalue weighted by Gasteiger charge is -2.28. The smallest absolute Gasteiger partial charge is 0.257 e. The fourth-order valence-electron chi connectivity index (χ4n) is 3.33. The van der Waals surface area contributed by atoms with Crippen molar-refractivity contribution in [2.45, 2.75) is 18.7 Å². The first kappa shape index (κ1) is 22.6. The molecule has 0 bridgehead atoms. The molecule has 2 aromatic carbocycles. The van der Waals surface area contributed by atoms with Gasteiger partial charge in [-0.25, -0.2) is 8.42 Å². The Morgan fingerprint density at radius 2 is 1.73 bits per heavy atom. The molecule has 2 aromatic rings. The van der Waals surface area contributed by atoms with Gasteiger partial charge in [0.05, 0.1) is 28.7 Å². The average Bonchev–Trinajstić information content (AvgIpc) is 2.75. The van der Waals surface area contributed by atoms with Crippen LogP contribution in [0.4, 0.5) is 11.4 Å². The summed E-state index contributed by atoms with van der Waals surface area (Å²) in [6, 6.07) is 11.7. The molecule has 0 aliphatic carbocycles. The van der Waals surface area contributed by atoms with Crippen molar-refractivity contribution >= 4 is 38.9 Å². The molecule has 1 fully saturated rings. The Hall–Kier alpha value is -2.13. The predicted octanol–water partition coefficient (Wildman–Crippen LogP) is 3.46. The van der Waals surface area contributed by atoms with Gasteiger partial charge in [-0.1, -0.05) is 25.4 Å². The molecule has 1 N–H and O–H groups in total. The maximum atomic E-state index is 12.8. The molecular formula is C21H26ClN3O4S. The van der Waals surface area contributed by atoms with Gasteiger partial charge < -0.3 is 15.0 Å². The number of ether oxygens (including phenoxy) is 1. The Kier molecular flexibility index (Phi) is 7.36. The third-order valence-electron chi connectivity index (χ3n) is 5.03. The second-order valence-electron chi connectivity index (χ2n) is 6.83. The summed E-state index contributed by atoms with van der Waals surface area (Å²) in [5.41, 5.74) is 1.77. The van der Waals surface area contributed by atoms with Crippen molar-refractivity contribution < 1.29 is 17.9 Å². The molecule has 1 saturated heterocycles. The average molecular weight is 452 g/mol. The lowest BCUT2D eigenvalue weighted by atomic mass is 10.2. The molecule has 1 aliphatic rings. The Morgan fingerprint density at radius 1 is 1.10 bits per heavy atom. The molecule has 0 unspecified atom stereocenters. The van der Waals surface area contributed by atoms with E-state index in [4.69, 9.17) is 16.3 Å². The third-order valence-corrected chi connectivity index (χ3v) is 7.40. The van der Waals surface area contributed by atoms with Gasteiger partial charge in [0.15, 0.2) is 0 Å². The molecule has 0 aromatic heterocycles. The standard InChI is InChI=1S/C21H26ClN3O4S/c1-3-25(4-2)30(27,28)18-9-10-20(22)19(15-18)21(26)23-16-5-7-17(8-6-16)24-11-13-29-14-12-24/h5-10,15H,3-4,11-14H2,1-2H3,(H,23,26). The minimum absolute atomic E-state index is 0.0448. The SMILES string of the molecule is CCN(CC)S(=O)(=O)c1ccc(Cl)c(C(=O)Nc2ccc(N3CCOCC3)cc2)c1. The van der Waals surface area contributed by atoms with E-state index < -0.39 is 15.9 Å². The van der Waals surface area contributed by atoms with Crippen LogP contribution in [0.2, 0.25) is 5.02 Å². The highest BCUT2D eigenvalue weighted by Gasteiger charge is 2.24. The number of sulfonamides is 1. The molecule has 30 heavy (non-hydrogen) atoms. The Bertz CT molecular complexity index is 986. The zero-order valence-electron chi connectivity index (χ0n) is 17.1. The van der Waals surface area contributed by atoms with Crippen molar-refractivity contribution in [3.05, 3.63) is 53.1 Å². The minimum Gasteiger partial charge on any atom is -0.378 e. The van der Waals surface area contributed by atoms with Crippen LogP contribution in [-0.2, 0) is 14.8 Å². The summed E-state index contributed by atoms with van der Waals surface area (Å²) in [5, 5.41) is 2.98. The number of anilines is 2. The maximum Gasteiger partial charge on any atom is 0.257 e. The molecule has 9 heteroatoms. The van der Waals surface area contributed by atoms with Gasteiger partial charge in [-0.3, -0.25) is 4.79 Å². The van der Waals surface area contributed by atoms with Gasteiger partial charge in [0.2, 0.25) is 10.0 Å². The molecule has 3 rings (SSSR count). The summed E-state index contributed by atoms with van der Waals surface area (Å²) in [6.07, 6.45) is 0. The predicted molar refractivity (Wildman–Crippen MR) is 119 cm³/mol. The minimum atomic E-state index is -3.69. The lowest BCUT2D eigenvalue weighted by Crippen LogP contribution is -2.36. The number of benzene rings is 2. The van der Waals surface area contributed by atoms with E-state index >= 15 is 0 Å². The number of hydrogen-bond acceptors (Lipinski definition) is 5. The summed E-state index contributed by atoms with van der Waals surface area (Å²) < 4.78 is 32.2. The van der Waals surface area contributed by atoms with Crippen molar-refractivity contribution in [2.24, 2.45) is 0 Å². The van der Waals surface area contributed by atoms with Gasteiger partial charge in [-0.15, -0.1) is 0 Å². The van der Waals surface area contributed by atoms with E-state index in [2.05, 4.69) is 10.2 Å². The van der Waals surface area contributed by atoms with E-state index in [0.29, 0.717) is 32.0 Å². The monoisotopic (exact) mass is 451 g/mol. The first-order chi connectivity index (χ1) is 14.4. The van der Waals surface area contributed by atoms with Crippen LogP contribution in [0.25, 0.3) is 0 Å². The van der Waals surface area contributed by atoms with Crippen molar-refractivity contribution in [1.82, 2.24) is 4.31 Å². The van der Waals surface area contributed by atoms with Gasteiger partial charge in [-0.05, 0) is 42.5 Å². The Morgan fingerprint density at radius 3 is 2.33 bits per heavy atom. The topological polar surface area (TPSA) is 79.0 Å². The van der Waals surface area contributed by atoms with Gasteiger partial charge in [-0.2, -0.15) is 4.31 Å². The Labute approximate surface area is 182 Å². The zero-order chi connectivity index (χ0) is 21.7. The maximum absolute atomic E-state index is 12.8. The second kappa shape index (κ2) is 9.78. The molecule has 1 heterocycles. The van der Waals surface area contributed by atoms with Crippen molar-refractivity contribution in [1.29, 1.82) is 0 Å². The Balaban J connectivity index is 1.78. The van der Waals surface area contributed by atoms with Crippen LogP contribution in [0, 0.1) is 0 Å². The number of hydrogen-bond donors (Lipinski definition) is 1. The van der Waals surface area contributed by atoms with E-state index in [1.54, 1.807) is 13.8 Å². The van der Waals surface area contributed by atoms with Crippen molar-refractivity contribution in [3.8, 4) is 0 Å². The van der Waals surface area contributed by atoms with E-state index in [0.717, 1.165) is 18.8 Å². The van der Waals surface area contributed by atoms with Crippen molar-refractivity contribution in [3.63, 3.8) is 0 Å². The fraction of sp³-hybridized carbons (Fsp3) is 0.381. The highest BCUT2D eigenvalue weighted by molar-refractivity contribution is 7.89. The van der Waals surface area contributed by atoms with Gasteiger partial charge in [0, 0.05) is 37.6 Å². The first-order valence-corrected chi connectivity index (χ1v) is 11.7. The van der Waals surface area contributed by atoms with Crippen molar-refractivity contribution in [2.75, 3.05) is 49.6 Å².